The van der Waals surface area contributed by atoms with Crippen LogP contribution in [0.2, 0.25) is 0 Å². The highest BCUT2D eigenvalue weighted by Crippen LogP contribution is 2.03. The fraction of sp³-hybridized carbons (Fsp3) is 0.200. The van der Waals surface area contributed by atoms with Gasteiger partial charge in [-0.05, 0) is 18.6 Å². The summed E-state index contributed by atoms with van der Waals surface area (Å²) in [6.45, 7) is 3.14. The fourth-order valence-corrected chi connectivity index (χ4v) is 1.67. The molecule has 1 aromatic heterocycles. The minimum absolute atomic E-state index is 0.240. The SMILES string of the molecule is C/C=C/Cn1ccc(NCc2ccccc2)nc1=O. The van der Waals surface area contributed by atoms with Crippen LogP contribution in [0.1, 0.15) is 12.5 Å². The Morgan fingerprint density at radius 1 is 1.26 bits per heavy atom. The van der Waals surface area contributed by atoms with Gasteiger partial charge < -0.3 is 5.32 Å². The second kappa shape index (κ2) is 6.54. The van der Waals surface area contributed by atoms with Crippen molar-refractivity contribution < 1.29 is 0 Å². The van der Waals surface area contributed by atoms with Crippen LogP contribution in [0.25, 0.3) is 0 Å². The van der Waals surface area contributed by atoms with Crippen LogP contribution in [0.5, 0.6) is 0 Å². The van der Waals surface area contributed by atoms with Gasteiger partial charge in [-0.3, -0.25) is 4.57 Å². The van der Waals surface area contributed by atoms with Crippen molar-refractivity contribution >= 4 is 5.82 Å². The topological polar surface area (TPSA) is 46.9 Å². The maximum Gasteiger partial charge on any atom is 0.349 e. The minimum Gasteiger partial charge on any atom is -0.366 e. The average molecular weight is 255 g/mol. The van der Waals surface area contributed by atoms with Gasteiger partial charge in [-0.15, -0.1) is 0 Å². The number of nitrogens with one attached hydrogen (secondary N) is 1. The molecule has 1 aromatic carbocycles. The molecule has 0 fully saturated rings. The van der Waals surface area contributed by atoms with E-state index in [0.29, 0.717) is 18.9 Å². The largest absolute Gasteiger partial charge is 0.366 e. The summed E-state index contributed by atoms with van der Waals surface area (Å²) in [5.74, 6) is 0.602. The predicted octanol–water partition coefficient (Wildman–Crippen LogP) is 2.43. The zero-order valence-corrected chi connectivity index (χ0v) is 10.9. The van der Waals surface area contributed by atoms with Gasteiger partial charge in [0.1, 0.15) is 5.82 Å². The number of anilines is 1. The summed E-state index contributed by atoms with van der Waals surface area (Å²) in [6.07, 6.45) is 5.58. The van der Waals surface area contributed by atoms with Gasteiger partial charge in [-0.1, -0.05) is 42.5 Å². The monoisotopic (exact) mass is 255 g/mol. The highest BCUT2D eigenvalue weighted by atomic mass is 16.1. The normalized spacial score (nSPS) is 10.8. The maximum atomic E-state index is 11.7. The van der Waals surface area contributed by atoms with E-state index >= 15 is 0 Å². The Morgan fingerprint density at radius 3 is 2.74 bits per heavy atom. The molecule has 4 nitrogen and oxygen atoms in total. The van der Waals surface area contributed by atoms with Crippen LogP contribution in [0.3, 0.4) is 0 Å². The van der Waals surface area contributed by atoms with Crippen LogP contribution in [0, 0.1) is 0 Å². The summed E-state index contributed by atoms with van der Waals surface area (Å²) in [7, 11) is 0. The van der Waals surface area contributed by atoms with Gasteiger partial charge in [0.25, 0.3) is 0 Å². The molecule has 1 N–H and O–H groups in total. The van der Waals surface area contributed by atoms with Gasteiger partial charge in [-0.2, -0.15) is 4.98 Å². The Hall–Kier alpha value is -2.36. The summed E-state index contributed by atoms with van der Waals surface area (Å²) in [6, 6.07) is 11.8. The van der Waals surface area contributed by atoms with Crippen LogP contribution in [0.4, 0.5) is 5.82 Å². The van der Waals surface area contributed by atoms with E-state index < -0.39 is 0 Å². The third kappa shape index (κ3) is 3.81. The highest BCUT2D eigenvalue weighted by Gasteiger charge is 1.99. The standard InChI is InChI=1S/C15H17N3O/c1-2-3-10-18-11-9-14(17-15(18)19)16-12-13-7-5-4-6-8-13/h2-9,11H,10,12H2,1H3,(H,16,17,19)/b3-2+. The summed E-state index contributed by atoms with van der Waals surface area (Å²) in [5.41, 5.74) is 0.915. The second-order valence-electron chi connectivity index (χ2n) is 4.16. The number of rotatable bonds is 5. The maximum absolute atomic E-state index is 11.7. The van der Waals surface area contributed by atoms with E-state index in [1.807, 2.05) is 55.5 Å². The molecule has 0 aliphatic heterocycles. The Kier molecular flexibility index (Phi) is 4.50. The van der Waals surface area contributed by atoms with Crippen LogP contribution < -0.4 is 11.0 Å². The first kappa shape index (κ1) is 13.1. The molecule has 0 saturated heterocycles. The number of hydrogen-bond donors (Lipinski definition) is 1. The molecule has 0 saturated carbocycles. The van der Waals surface area contributed by atoms with E-state index in [0.717, 1.165) is 5.56 Å². The number of benzene rings is 1. The summed E-state index contributed by atoms with van der Waals surface area (Å²) < 4.78 is 1.56. The first-order chi connectivity index (χ1) is 9.29. The number of aromatic nitrogens is 2. The summed E-state index contributed by atoms with van der Waals surface area (Å²) in [5, 5.41) is 3.14. The predicted molar refractivity (Wildman–Crippen MR) is 77.1 cm³/mol. The van der Waals surface area contributed by atoms with Crippen molar-refractivity contribution in [1.82, 2.24) is 9.55 Å². The third-order valence-electron chi connectivity index (χ3n) is 2.73. The molecule has 2 rings (SSSR count). The van der Waals surface area contributed by atoms with Gasteiger partial charge in [0.2, 0.25) is 0 Å². The lowest BCUT2D eigenvalue weighted by Crippen LogP contribution is -2.22. The van der Waals surface area contributed by atoms with E-state index in [2.05, 4.69) is 10.3 Å². The van der Waals surface area contributed by atoms with Gasteiger partial charge in [0.05, 0.1) is 0 Å². The molecule has 0 spiro atoms. The van der Waals surface area contributed by atoms with Crippen LogP contribution in [0.15, 0.2) is 59.5 Å². The molecule has 0 bridgehead atoms. The molecule has 0 amide bonds. The van der Waals surface area contributed by atoms with Crippen molar-refractivity contribution in [3.05, 3.63) is 70.8 Å². The Labute approximate surface area is 112 Å². The Bertz CT molecular complexity index is 602. The van der Waals surface area contributed by atoms with Crippen LogP contribution >= 0.6 is 0 Å². The Morgan fingerprint density at radius 2 is 2.05 bits per heavy atom. The quantitative estimate of drug-likeness (QED) is 0.835. The minimum atomic E-state index is -0.240. The van der Waals surface area contributed by atoms with E-state index in [-0.39, 0.29) is 5.69 Å². The number of nitrogens with zero attached hydrogens (tertiary/aromatic N) is 2. The molecular formula is C15H17N3O. The first-order valence-corrected chi connectivity index (χ1v) is 6.26. The van der Waals surface area contributed by atoms with Crippen molar-refractivity contribution in [2.24, 2.45) is 0 Å². The molecule has 0 radical (unpaired) electrons. The zero-order valence-electron chi connectivity index (χ0n) is 10.9. The van der Waals surface area contributed by atoms with Gasteiger partial charge >= 0.3 is 5.69 Å². The van der Waals surface area contributed by atoms with E-state index in [1.54, 1.807) is 10.8 Å². The second-order valence-corrected chi connectivity index (χ2v) is 4.16. The fourth-order valence-electron chi connectivity index (χ4n) is 1.67. The molecule has 0 aliphatic rings. The van der Waals surface area contributed by atoms with Crippen molar-refractivity contribution in [2.75, 3.05) is 5.32 Å². The molecule has 19 heavy (non-hydrogen) atoms. The van der Waals surface area contributed by atoms with E-state index in [1.165, 1.54) is 0 Å². The third-order valence-corrected chi connectivity index (χ3v) is 2.73. The van der Waals surface area contributed by atoms with E-state index in [4.69, 9.17) is 0 Å². The lowest BCUT2D eigenvalue weighted by Gasteiger charge is -2.06. The molecule has 1 heterocycles. The molecule has 4 heteroatoms. The molecule has 2 aromatic rings. The van der Waals surface area contributed by atoms with Gasteiger partial charge in [0, 0.05) is 19.3 Å². The lowest BCUT2D eigenvalue weighted by atomic mass is 10.2. The molecule has 0 aliphatic carbocycles. The molecule has 0 atom stereocenters. The number of allylic oxidation sites excluding steroid dienone is 2. The van der Waals surface area contributed by atoms with Gasteiger partial charge in [-0.25, -0.2) is 4.79 Å². The molecular weight excluding hydrogens is 238 g/mol. The zero-order chi connectivity index (χ0) is 13.5. The number of hydrogen-bond acceptors (Lipinski definition) is 3. The smallest absolute Gasteiger partial charge is 0.349 e. The summed E-state index contributed by atoms with van der Waals surface area (Å²) in [4.78, 5) is 15.7. The van der Waals surface area contributed by atoms with Crippen molar-refractivity contribution in [3.8, 4) is 0 Å². The lowest BCUT2D eigenvalue weighted by molar-refractivity contribution is 0.743. The van der Waals surface area contributed by atoms with Crippen molar-refractivity contribution in [1.29, 1.82) is 0 Å². The molecule has 0 unspecified atom stereocenters. The summed E-state index contributed by atoms with van der Waals surface area (Å²) >= 11 is 0. The van der Waals surface area contributed by atoms with Crippen molar-refractivity contribution in [3.63, 3.8) is 0 Å². The molecule has 98 valence electrons. The average Bonchev–Trinajstić information content (AvgIpc) is 2.45. The Balaban J connectivity index is 2.02. The van der Waals surface area contributed by atoms with E-state index in [9.17, 15) is 4.79 Å². The highest BCUT2D eigenvalue weighted by molar-refractivity contribution is 5.33. The first-order valence-electron chi connectivity index (χ1n) is 6.26. The van der Waals surface area contributed by atoms with Gasteiger partial charge in [0.15, 0.2) is 0 Å². The van der Waals surface area contributed by atoms with Crippen LogP contribution in [-0.4, -0.2) is 9.55 Å². The van der Waals surface area contributed by atoms with Crippen LogP contribution in [-0.2, 0) is 13.1 Å². The van der Waals surface area contributed by atoms with Crippen molar-refractivity contribution in [2.45, 2.75) is 20.0 Å².